The third-order valence-electron chi connectivity index (χ3n) is 10.2. The van der Waals surface area contributed by atoms with Crippen molar-refractivity contribution >= 4 is 33.2 Å². The van der Waals surface area contributed by atoms with Gasteiger partial charge in [-0.3, -0.25) is 0 Å². The second kappa shape index (κ2) is 9.68. The maximum atomic E-state index is 2.49. The summed E-state index contributed by atoms with van der Waals surface area (Å²) in [5, 5.41) is 5.49. The molecular weight excluding hydrogens is 516 g/mol. The van der Waals surface area contributed by atoms with Crippen LogP contribution < -0.4 is 0 Å². The molecule has 0 fully saturated rings. The molecule has 0 radical (unpaired) electrons. The SMILES string of the molecule is Cc1cc(-c2ccc3c(c2)C2C=CC=CC2C2=C3CCC=C2)cc(-c2ccc3c4c(c5ccccc5c3c2)CCC=C4)c1. The summed E-state index contributed by atoms with van der Waals surface area (Å²) in [6.45, 7) is 2.24. The average Bonchev–Trinajstić information content (AvgIpc) is 3.08. The van der Waals surface area contributed by atoms with Gasteiger partial charge in [0.05, 0.1) is 0 Å². The van der Waals surface area contributed by atoms with Crippen LogP contribution in [0.1, 0.15) is 53.0 Å². The first kappa shape index (κ1) is 24.9. The van der Waals surface area contributed by atoms with Gasteiger partial charge >= 0.3 is 0 Å². The minimum Gasteiger partial charge on any atom is -0.0839 e. The molecule has 0 aromatic heterocycles. The van der Waals surface area contributed by atoms with E-state index in [-0.39, 0.29) is 0 Å². The lowest BCUT2D eigenvalue weighted by atomic mass is 9.67. The molecule has 4 aliphatic rings. The molecule has 0 N–H and O–H groups in total. The fourth-order valence-corrected chi connectivity index (χ4v) is 8.25. The second-order valence-corrected chi connectivity index (χ2v) is 12.7. The lowest BCUT2D eigenvalue weighted by Crippen LogP contribution is -2.21. The van der Waals surface area contributed by atoms with E-state index in [1.807, 2.05) is 0 Å². The molecule has 0 amide bonds. The maximum absolute atomic E-state index is 2.49. The summed E-state index contributed by atoms with van der Waals surface area (Å²) in [5.74, 6) is 0.847. The molecule has 5 aromatic carbocycles. The first-order valence-electron chi connectivity index (χ1n) is 15.9. The van der Waals surface area contributed by atoms with E-state index in [9.17, 15) is 0 Å². The Morgan fingerprint density at radius 2 is 1.33 bits per heavy atom. The highest BCUT2D eigenvalue weighted by atomic mass is 14.4. The van der Waals surface area contributed by atoms with Crippen LogP contribution in [-0.2, 0) is 6.42 Å². The Bertz CT molecular complexity index is 2140. The van der Waals surface area contributed by atoms with Crippen LogP contribution in [0.5, 0.6) is 0 Å². The molecular formula is C43H34. The van der Waals surface area contributed by atoms with E-state index in [1.54, 1.807) is 5.57 Å². The highest BCUT2D eigenvalue weighted by Crippen LogP contribution is 2.49. The number of aryl methyl sites for hydroxylation is 2. The van der Waals surface area contributed by atoms with E-state index < -0.39 is 0 Å². The van der Waals surface area contributed by atoms with E-state index in [2.05, 4.69) is 134 Å². The fourth-order valence-electron chi connectivity index (χ4n) is 8.25. The molecule has 0 spiro atoms. The largest absolute Gasteiger partial charge is 0.0839 e. The van der Waals surface area contributed by atoms with Crippen LogP contribution in [0.4, 0.5) is 0 Å². The molecule has 0 heteroatoms. The average molecular weight is 551 g/mol. The summed E-state index contributed by atoms with van der Waals surface area (Å²) >= 11 is 0. The van der Waals surface area contributed by atoms with Crippen LogP contribution in [0.15, 0.2) is 127 Å². The Kier molecular flexibility index (Phi) is 5.60. The lowest BCUT2D eigenvalue weighted by Gasteiger charge is -2.36. The Morgan fingerprint density at radius 1 is 0.581 bits per heavy atom. The smallest absolute Gasteiger partial charge is 0.0131 e. The summed E-state index contributed by atoms with van der Waals surface area (Å²) in [5.41, 5.74) is 15.4. The van der Waals surface area contributed by atoms with Crippen molar-refractivity contribution in [2.45, 2.75) is 38.5 Å². The van der Waals surface area contributed by atoms with E-state index in [0.717, 1.165) is 25.7 Å². The molecule has 0 heterocycles. The minimum absolute atomic E-state index is 0.402. The van der Waals surface area contributed by atoms with Crippen LogP contribution in [0.2, 0.25) is 0 Å². The van der Waals surface area contributed by atoms with Crippen molar-refractivity contribution in [3.05, 3.63) is 155 Å². The number of hydrogen-bond donors (Lipinski definition) is 0. The molecule has 206 valence electrons. The molecule has 0 saturated carbocycles. The van der Waals surface area contributed by atoms with Crippen molar-refractivity contribution in [1.82, 2.24) is 0 Å². The first-order chi connectivity index (χ1) is 21.2. The quantitative estimate of drug-likeness (QED) is 0.192. The topological polar surface area (TPSA) is 0 Å². The molecule has 0 saturated heterocycles. The Morgan fingerprint density at radius 3 is 2.21 bits per heavy atom. The summed E-state index contributed by atoms with van der Waals surface area (Å²) in [6.07, 6.45) is 23.2. The molecule has 4 aliphatic carbocycles. The van der Waals surface area contributed by atoms with Gasteiger partial charge in [-0.05, 0) is 134 Å². The molecule has 0 aliphatic heterocycles. The molecule has 9 rings (SSSR count). The lowest BCUT2D eigenvalue weighted by molar-refractivity contribution is 0.656. The van der Waals surface area contributed by atoms with Gasteiger partial charge in [0.2, 0.25) is 0 Å². The zero-order chi connectivity index (χ0) is 28.5. The standard InChI is InChI=1S/C43H34/c1-27-22-30(28-18-20-40-36-14-4-2-10-32(36)34-12-6-8-16-38(34)42(40)25-28)24-31(23-27)29-19-21-41-37-15-5-3-11-33(37)35-13-7-9-17-39(35)43(41)26-29/h2,5-10,12-13,15-26,34,38H,3-4,11,14H2,1H3. The van der Waals surface area contributed by atoms with Gasteiger partial charge < -0.3 is 0 Å². The third kappa shape index (κ3) is 3.90. The van der Waals surface area contributed by atoms with Crippen LogP contribution in [0.3, 0.4) is 0 Å². The molecule has 2 atom stereocenters. The van der Waals surface area contributed by atoms with Crippen LogP contribution in [0.25, 0.3) is 55.4 Å². The van der Waals surface area contributed by atoms with Gasteiger partial charge in [-0.1, -0.05) is 109 Å². The highest BCUT2D eigenvalue weighted by molar-refractivity contribution is 6.14. The fraction of sp³-hybridized carbons (Fsp3) is 0.163. The van der Waals surface area contributed by atoms with Crippen LogP contribution in [0, 0.1) is 12.8 Å². The van der Waals surface area contributed by atoms with Crippen molar-refractivity contribution in [1.29, 1.82) is 0 Å². The maximum Gasteiger partial charge on any atom is 0.0131 e. The zero-order valence-electron chi connectivity index (χ0n) is 24.6. The van der Waals surface area contributed by atoms with E-state index in [4.69, 9.17) is 0 Å². The van der Waals surface area contributed by atoms with Crippen molar-refractivity contribution in [3.63, 3.8) is 0 Å². The minimum atomic E-state index is 0.402. The normalized spacial score (nSPS) is 19.8. The van der Waals surface area contributed by atoms with E-state index >= 15 is 0 Å². The van der Waals surface area contributed by atoms with Crippen molar-refractivity contribution in [2.75, 3.05) is 0 Å². The Hall–Kier alpha value is -4.68. The highest BCUT2D eigenvalue weighted by Gasteiger charge is 2.33. The molecule has 2 unspecified atom stereocenters. The van der Waals surface area contributed by atoms with Gasteiger partial charge in [0, 0.05) is 11.8 Å². The second-order valence-electron chi connectivity index (χ2n) is 12.7. The van der Waals surface area contributed by atoms with E-state index in [0.29, 0.717) is 11.8 Å². The van der Waals surface area contributed by atoms with Gasteiger partial charge in [-0.25, -0.2) is 0 Å². The summed E-state index contributed by atoms with van der Waals surface area (Å²) in [7, 11) is 0. The van der Waals surface area contributed by atoms with E-state index in [1.165, 1.54) is 77.2 Å². The Balaban J connectivity index is 1.18. The molecule has 0 bridgehead atoms. The predicted octanol–water partition coefficient (Wildman–Crippen LogP) is 11.5. The first-order valence-corrected chi connectivity index (χ1v) is 15.9. The molecule has 5 aromatic rings. The monoisotopic (exact) mass is 550 g/mol. The molecule has 0 nitrogen and oxygen atoms in total. The number of benzene rings is 5. The van der Waals surface area contributed by atoms with Crippen molar-refractivity contribution in [3.8, 4) is 22.3 Å². The van der Waals surface area contributed by atoms with Gasteiger partial charge in [0.15, 0.2) is 0 Å². The number of hydrogen-bond acceptors (Lipinski definition) is 0. The van der Waals surface area contributed by atoms with Crippen LogP contribution in [-0.4, -0.2) is 0 Å². The summed E-state index contributed by atoms with van der Waals surface area (Å²) < 4.78 is 0. The zero-order valence-corrected chi connectivity index (χ0v) is 24.6. The Labute approximate surface area is 254 Å². The van der Waals surface area contributed by atoms with Gasteiger partial charge in [0.1, 0.15) is 0 Å². The van der Waals surface area contributed by atoms with Crippen molar-refractivity contribution < 1.29 is 0 Å². The van der Waals surface area contributed by atoms with Crippen LogP contribution >= 0.6 is 0 Å². The van der Waals surface area contributed by atoms with Gasteiger partial charge in [-0.2, -0.15) is 0 Å². The number of rotatable bonds is 2. The number of fused-ring (bicyclic) bond motifs is 11. The third-order valence-corrected chi connectivity index (χ3v) is 10.2. The van der Waals surface area contributed by atoms with Gasteiger partial charge in [-0.15, -0.1) is 0 Å². The summed E-state index contributed by atoms with van der Waals surface area (Å²) in [6, 6.07) is 30.5. The van der Waals surface area contributed by atoms with Gasteiger partial charge in [0.25, 0.3) is 0 Å². The predicted molar refractivity (Wildman–Crippen MR) is 184 cm³/mol. The molecule has 43 heavy (non-hydrogen) atoms. The van der Waals surface area contributed by atoms with Crippen molar-refractivity contribution in [2.24, 2.45) is 5.92 Å². The summed E-state index contributed by atoms with van der Waals surface area (Å²) in [4.78, 5) is 0. The number of allylic oxidation sites excluding steroid dienone is 9.